The molecule has 1 unspecified atom stereocenters. The molecule has 0 saturated heterocycles. The molecule has 15 heavy (non-hydrogen) atoms. The van der Waals surface area contributed by atoms with E-state index in [0.717, 1.165) is 12.2 Å². The zero-order valence-corrected chi connectivity index (χ0v) is 9.84. The van der Waals surface area contributed by atoms with Gasteiger partial charge in [-0.25, -0.2) is 0 Å². The highest BCUT2D eigenvalue weighted by atomic mass is 35.5. The maximum Gasteiger partial charge on any atom is 0.0739 e. The summed E-state index contributed by atoms with van der Waals surface area (Å²) in [4.78, 5) is 0. The number of nitrogens with two attached hydrogens (primary N) is 1. The van der Waals surface area contributed by atoms with Crippen LogP contribution >= 0.6 is 11.6 Å². The summed E-state index contributed by atoms with van der Waals surface area (Å²) in [5, 5.41) is 3.78. The highest BCUT2D eigenvalue weighted by Gasteiger charge is 2.04. The molecule has 84 valence electrons. The van der Waals surface area contributed by atoms with Crippen LogP contribution in [0.3, 0.4) is 0 Å². The van der Waals surface area contributed by atoms with Crippen molar-refractivity contribution in [2.24, 2.45) is 0 Å². The largest absolute Gasteiger partial charge is 0.396 e. The predicted molar refractivity (Wildman–Crippen MR) is 65.4 cm³/mol. The van der Waals surface area contributed by atoms with Crippen molar-refractivity contribution >= 4 is 23.0 Å². The van der Waals surface area contributed by atoms with Crippen LogP contribution in [0.4, 0.5) is 11.4 Å². The summed E-state index contributed by atoms with van der Waals surface area (Å²) >= 11 is 5.89. The number of hydrogen-bond donors (Lipinski definition) is 2. The van der Waals surface area contributed by atoms with Crippen molar-refractivity contribution < 1.29 is 4.74 Å². The maximum atomic E-state index is 5.89. The van der Waals surface area contributed by atoms with E-state index in [0.29, 0.717) is 17.3 Å². The van der Waals surface area contributed by atoms with Crippen molar-refractivity contribution in [3.63, 3.8) is 0 Å². The summed E-state index contributed by atoms with van der Waals surface area (Å²) in [5.74, 6) is 0. The number of nitrogens with one attached hydrogen (secondary N) is 1. The number of ether oxygens (including phenoxy) is 1. The third-order valence-corrected chi connectivity index (χ3v) is 2.41. The van der Waals surface area contributed by atoms with Gasteiger partial charge in [-0.3, -0.25) is 0 Å². The average Bonchev–Trinajstić information content (AvgIpc) is 2.21. The van der Waals surface area contributed by atoms with E-state index in [1.807, 2.05) is 26.0 Å². The number of benzene rings is 1. The zero-order chi connectivity index (χ0) is 11.3. The van der Waals surface area contributed by atoms with Gasteiger partial charge in [-0.05, 0) is 26.0 Å². The van der Waals surface area contributed by atoms with E-state index in [-0.39, 0.29) is 6.10 Å². The molecule has 1 rings (SSSR count). The van der Waals surface area contributed by atoms with Gasteiger partial charge in [0, 0.05) is 13.2 Å². The highest BCUT2D eigenvalue weighted by molar-refractivity contribution is 6.33. The Kier molecular flexibility index (Phi) is 4.72. The number of hydrogen-bond acceptors (Lipinski definition) is 3. The SMILES string of the molecule is CCOC(C)CNc1cccc(Cl)c1N. The number of para-hydroxylation sites is 1. The molecule has 0 aliphatic carbocycles. The summed E-state index contributed by atoms with van der Waals surface area (Å²) in [6, 6.07) is 5.54. The van der Waals surface area contributed by atoms with Crippen LogP contribution in [-0.4, -0.2) is 19.3 Å². The Balaban J connectivity index is 2.54. The lowest BCUT2D eigenvalue weighted by atomic mass is 10.2. The van der Waals surface area contributed by atoms with E-state index >= 15 is 0 Å². The summed E-state index contributed by atoms with van der Waals surface area (Å²) < 4.78 is 5.40. The number of rotatable bonds is 5. The van der Waals surface area contributed by atoms with E-state index in [2.05, 4.69) is 5.32 Å². The fourth-order valence-electron chi connectivity index (χ4n) is 1.29. The number of nitrogen functional groups attached to an aromatic ring is 1. The molecule has 0 aromatic heterocycles. The second kappa shape index (κ2) is 5.83. The minimum Gasteiger partial charge on any atom is -0.396 e. The van der Waals surface area contributed by atoms with Crippen LogP contribution in [-0.2, 0) is 4.74 Å². The van der Waals surface area contributed by atoms with Gasteiger partial charge in [0.05, 0.1) is 22.5 Å². The topological polar surface area (TPSA) is 47.3 Å². The zero-order valence-electron chi connectivity index (χ0n) is 9.09. The molecule has 1 aromatic carbocycles. The molecule has 0 saturated carbocycles. The molecule has 4 heteroatoms. The van der Waals surface area contributed by atoms with Gasteiger partial charge in [0.2, 0.25) is 0 Å². The summed E-state index contributed by atoms with van der Waals surface area (Å²) in [7, 11) is 0. The first-order chi connectivity index (χ1) is 7.15. The minimum absolute atomic E-state index is 0.161. The molecule has 0 amide bonds. The van der Waals surface area contributed by atoms with Crippen LogP contribution in [0.1, 0.15) is 13.8 Å². The van der Waals surface area contributed by atoms with E-state index in [1.54, 1.807) is 6.07 Å². The van der Waals surface area contributed by atoms with Crippen molar-refractivity contribution in [3.05, 3.63) is 23.2 Å². The average molecular weight is 229 g/mol. The van der Waals surface area contributed by atoms with Gasteiger partial charge < -0.3 is 15.8 Å². The maximum absolute atomic E-state index is 5.89. The van der Waals surface area contributed by atoms with Gasteiger partial charge in [0.1, 0.15) is 0 Å². The highest BCUT2D eigenvalue weighted by Crippen LogP contribution is 2.26. The Hall–Kier alpha value is -0.930. The van der Waals surface area contributed by atoms with Crippen LogP contribution in [0, 0.1) is 0 Å². The van der Waals surface area contributed by atoms with Crippen molar-refractivity contribution in [1.29, 1.82) is 0 Å². The summed E-state index contributed by atoms with van der Waals surface area (Å²) in [5.41, 5.74) is 7.25. The molecule has 0 aliphatic rings. The molecule has 0 radical (unpaired) electrons. The van der Waals surface area contributed by atoms with Crippen LogP contribution < -0.4 is 11.1 Å². The molecular formula is C11H17ClN2O. The molecule has 0 heterocycles. The van der Waals surface area contributed by atoms with Crippen molar-refractivity contribution in [2.45, 2.75) is 20.0 Å². The molecule has 0 spiro atoms. The molecular weight excluding hydrogens is 212 g/mol. The molecule has 0 bridgehead atoms. The molecule has 1 atom stereocenters. The third-order valence-electron chi connectivity index (χ3n) is 2.08. The van der Waals surface area contributed by atoms with E-state index in [9.17, 15) is 0 Å². The summed E-state index contributed by atoms with van der Waals surface area (Å²) in [6.45, 7) is 5.42. The van der Waals surface area contributed by atoms with Crippen LogP contribution in [0.5, 0.6) is 0 Å². The normalized spacial score (nSPS) is 12.5. The van der Waals surface area contributed by atoms with E-state index < -0.39 is 0 Å². The van der Waals surface area contributed by atoms with Gasteiger partial charge in [-0.1, -0.05) is 17.7 Å². The fraction of sp³-hybridized carbons (Fsp3) is 0.455. The Bertz CT molecular complexity index is 317. The molecule has 1 aromatic rings. The van der Waals surface area contributed by atoms with Crippen LogP contribution in [0.15, 0.2) is 18.2 Å². The Morgan fingerprint density at radius 1 is 1.53 bits per heavy atom. The minimum atomic E-state index is 0.161. The molecule has 0 fully saturated rings. The number of anilines is 2. The second-order valence-electron chi connectivity index (χ2n) is 3.35. The number of halogens is 1. The molecule has 3 nitrogen and oxygen atoms in total. The molecule has 0 aliphatic heterocycles. The first kappa shape index (κ1) is 12.1. The van der Waals surface area contributed by atoms with E-state index in [4.69, 9.17) is 22.1 Å². The standard InChI is InChI=1S/C11H17ClN2O/c1-3-15-8(2)7-14-10-6-4-5-9(12)11(10)13/h4-6,8,14H,3,7,13H2,1-2H3. The Morgan fingerprint density at radius 2 is 2.27 bits per heavy atom. The quantitative estimate of drug-likeness (QED) is 0.762. The van der Waals surface area contributed by atoms with Gasteiger partial charge in [0.15, 0.2) is 0 Å². The molecule has 3 N–H and O–H groups in total. The van der Waals surface area contributed by atoms with Crippen LogP contribution in [0.2, 0.25) is 5.02 Å². The van der Waals surface area contributed by atoms with Gasteiger partial charge in [-0.2, -0.15) is 0 Å². The summed E-state index contributed by atoms with van der Waals surface area (Å²) in [6.07, 6.45) is 0.161. The monoisotopic (exact) mass is 228 g/mol. The predicted octanol–water partition coefficient (Wildman–Crippen LogP) is 2.76. The smallest absolute Gasteiger partial charge is 0.0739 e. The first-order valence-corrected chi connectivity index (χ1v) is 5.42. The van der Waals surface area contributed by atoms with Crippen molar-refractivity contribution in [2.75, 3.05) is 24.2 Å². The lowest BCUT2D eigenvalue weighted by Gasteiger charge is -2.15. The Labute approximate surface area is 95.6 Å². The second-order valence-corrected chi connectivity index (χ2v) is 3.76. The Morgan fingerprint density at radius 3 is 2.93 bits per heavy atom. The van der Waals surface area contributed by atoms with E-state index in [1.165, 1.54) is 0 Å². The van der Waals surface area contributed by atoms with Crippen LogP contribution in [0.25, 0.3) is 0 Å². The van der Waals surface area contributed by atoms with Gasteiger partial charge in [0.25, 0.3) is 0 Å². The van der Waals surface area contributed by atoms with Crippen molar-refractivity contribution in [3.8, 4) is 0 Å². The first-order valence-electron chi connectivity index (χ1n) is 5.04. The lowest BCUT2D eigenvalue weighted by molar-refractivity contribution is 0.0855. The fourth-order valence-corrected chi connectivity index (χ4v) is 1.46. The van der Waals surface area contributed by atoms with Gasteiger partial charge in [-0.15, -0.1) is 0 Å². The third kappa shape index (κ3) is 3.61. The lowest BCUT2D eigenvalue weighted by Crippen LogP contribution is -2.20. The van der Waals surface area contributed by atoms with Crippen molar-refractivity contribution in [1.82, 2.24) is 0 Å². The van der Waals surface area contributed by atoms with Gasteiger partial charge >= 0.3 is 0 Å².